The minimum Gasteiger partial charge on any atom is -0.504 e. The molecule has 0 bridgehead atoms. The number of rotatable bonds is 4. The molecule has 0 radical (unpaired) electrons. The van der Waals surface area contributed by atoms with Crippen molar-refractivity contribution in [3.8, 4) is 5.75 Å². The Morgan fingerprint density at radius 2 is 1.78 bits per heavy atom. The van der Waals surface area contributed by atoms with E-state index in [0.717, 1.165) is 12.0 Å². The molecule has 6 nitrogen and oxygen atoms in total. The number of aromatic hydroxyl groups is 1. The van der Waals surface area contributed by atoms with Crippen molar-refractivity contribution in [2.75, 3.05) is 10.6 Å². The first kappa shape index (κ1) is 17.1. The number of aryl methyl sites for hydroxylation is 1. The van der Waals surface area contributed by atoms with Crippen LogP contribution in [0.25, 0.3) is 0 Å². The van der Waals surface area contributed by atoms with Crippen LogP contribution in [0.15, 0.2) is 41.3 Å². The molecule has 0 saturated carbocycles. The molecule has 0 spiro atoms. The lowest BCUT2D eigenvalue weighted by Gasteiger charge is -2.12. The van der Waals surface area contributed by atoms with E-state index < -0.39 is 27.4 Å². The van der Waals surface area contributed by atoms with Crippen molar-refractivity contribution >= 4 is 39.7 Å². The summed E-state index contributed by atoms with van der Waals surface area (Å²) in [6.07, 6.45) is 0.740. The maximum Gasteiger partial charge on any atom is 0.323 e. The van der Waals surface area contributed by atoms with Gasteiger partial charge in [-0.25, -0.2) is 13.2 Å². The van der Waals surface area contributed by atoms with Gasteiger partial charge < -0.3 is 15.7 Å². The number of phenolic OH excluding ortho intramolecular Hbond substituents is 1. The van der Waals surface area contributed by atoms with Gasteiger partial charge in [-0.05, 0) is 30.2 Å². The van der Waals surface area contributed by atoms with Crippen LogP contribution in [0, 0.1) is 0 Å². The number of hydrogen-bond acceptors (Lipinski definition) is 4. The van der Waals surface area contributed by atoms with Gasteiger partial charge in [0, 0.05) is 5.69 Å². The van der Waals surface area contributed by atoms with Crippen molar-refractivity contribution in [3.63, 3.8) is 0 Å². The molecule has 2 rings (SSSR count). The predicted molar refractivity (Wildman–Crippen MR) is 90.2 cm³/mol. The molecule has 0 unspecified atom stereocenters. The van der Waals surface area contributed by atoms with Crippen LogP contribution in [0.2, 0.25) is 5.02 Å². The van der Waals surface area contributed by atoms with E-state index in [4.69, 9.17) is 11.6 Å². The largest absolute Gasteiger partial charge is 0.504 e. The molecule has 0 aromatic heterocycles. The predicted octanol–water partition coefficient (Wildman–Crippen LogP) is 3.22. The molecule has 0 saturated heterocycles. The number of carbonyl (C=O) groups is 1. The Labute approximate surface area is 140 Å². The fraction of sp³-hybridized carbons (Fsp3) is 0.133. The highest BCUT2D eigenvalue weighted by molar-refractivity contribution is 7.72. The molecule has 0 aliphatic rings. The average Bonchev–Trinajstić information content (AvgIpc) is 2.50. The molecule has 0 atom stereocenters. The molecular formula is C15H15ClN2O4S. The first-order valence-electron chi connectivity index (χ1n) is 6.75. The molecule has 0 heterocycles. The third kappa shape index (κ3) is 3.94. The molecule has 0 fully saturated rings. The Morgan fingerprint density at radius 3 is 2.43 bits per heavy atom. The third-order valence-electron chi connectivity index (χ3n) is 3.18. The van der Waals surface area contributed by atoms with Gasteiger partial charge in [0.2, 0.25) is 0 Å². The van der Waals surface area contributed by atoms with E-state index in [1.54, 1.807) is 12.1 Å². The smallest absolute Gasteiger partial charge is 0.323 e. The molecule has 2 aromatic carbocycles. The lowest BCUT2D eigenvalue weighted by molar-refractivity contribution is 0.262. The van der Waals surface area contributed by atoms with E-state index in [2.05, 4.69) is 10.6 Å². The monoisotopic (exact) mass is 354 g/mol. The number of halogens is 1. The van der Waals surface area contributed by atoms with Crippen molar-refractivity contribution < 1.29 is 18.3 Å². The van der Waals surface area contributed by atoms with Crippen LogP contribution in [-0.4, -0.2) is 19.6 Å². The van der Waals surface area contributed by atoms with E-state index in [9.17, 15) is 18.3 Å². The molecule has 23 heavy (non-hydrogen) atoms. The highest BCUT2D eigenvalue weighted by Crippen LogP contribution is 2.34. The van der Waals surface area contributed by atoms with Crippen LogP contribution in [0.3, 0.4) is 0 Å². The SMILES string of the molecule is CCc1ccccc1NC(=O)Nc1ccc(Cl)c([SH](=O)=O)c1O. The van der Waals surface area contributed by atoms with Crippen LogP contribution < -0.4 is 10.6 Å². The maximum atomic E-state index is 12.1. The zero-order valence-electron chi connectivity index (χ0n) is 12.2. The summed E-state index contributed by atoms with van der Waals surface area (Å²) < 4.78 is 22.2. The van der Waals surface area contributed by atoms with Gasteiger partial charge >= 0.3 is 6.03 Å². The number of carbonyl (C=O) groups excluding carboxylic acids is 1. The molecule has 0 aliphatic carbocycles. The second-order valence-corrected chi connectivity index (χ2v) is 6.01. The number of amides is 2. The minimum atomic E-state index is -3.09. The van der Waals surface area contributed by atoms with E-state index >= 15 is 0 Å². The number of phenols is 1. The second-order valence-electron chi connectivity index (χ2n) is 4.64. The van der Waals surface area contributed by atoms with Crippen LogP contribution >= 0.6 is 11.6 Å². The van der Waals surface area contributed by atoms with Gasteiger partial charge in [0.25, 0.3) is 0 Å². The van der Waals surface area contributed by atoms with Crippen LogP contribution in [0.1, 0.15) is 12.5 Å². The normalized spacial score (nSPS) is 10.6. The van der Waals surface area contributed by atoms with Crippen LogP contribution in [-0.2, 0) is 17.1 Å². The fourth-order valence-corrected chi connectivity index (χ4v) is 2.96. The summed E-state index contributed by atoms with van der Waals surface area (Å²) >= 11 is 5.73. The minimum absolute atomic E-state index is 0.0462. The first-order valence-corrected chi connectivity index (χ1v) is 8.31. The van der Waals surface area contributed by atoms with Gasteiger partial charge in [0.15, 0.2) is 16.5 Å². The number of anilines is 2. The van der Waals surface area contributed by atoms with Gasteiger partial charge in [-0.15, -0.1) is 0 Å². The molecule has 2 amide bonds. The number of urea groups is 1. The van der Waals surface area contributed by atoms with Crippen molar-refractivity contribution in [3.05, 3.63) is 47.0 Å². The molecule has 0 aliphatic heterocycles. The summed E-state index contributed by atoms with van der Waals surface area (Å²) in [5, 5.41) is 14.9. The second kappa shape index (κ2) is 7.34. The van der Waals surface area contributed by atoms with Gasteiger partial charge in [-0.2, -0.15) is 0 Å². The molecule has 122 valence electrons. The Morgan fingerprint density at radius 1 is 1.13 bits per heavy atom. The van der Waals surface area contributed by atoms with Crippen LogP contribution in [0.4, 0.5) is 16.2 Å². The Bertz CT molecular complexity index is 813. The molecule has 8 heteroatoms. The van der Waals surface area contributed by atoms with Crippen LogP contribution in [0.5, 0.6) is 5.75 Å². The highest BCUT2D eigenvalue weighted by Gasteiger charge is 2.16. The van der Waals surface area contributed by atoms with Crippen molar-refractivity contribution in [1.82, 2.24) is 0 Å². The van der Waals surface area contributed by atoms with Gasteiger partial charge in [-0.1, -0.05) is 36.7 Å². The Hall–Kier alpha value is -2.25. The summed E-state index contributed by atoms with van der Waals surface area (Å²) in [4.78, 5) is 11.6. The number of benzene rings is 2. The van der Waals surface area contributed by atoms with Gasteiger partial charge in [0.1, 0.15) is 4.90 Å². The van der Waals surface area contributed by atoms with Crippen molar-refractivity contribution in [2.45, 2.75) is 18.2 Å². The van der Waals surface area contributed by atoms with Gasteiger partial charge in [0.05, 0.1) is 10.7 Å². The molecule has 3 N–H and O–H groups in total. The lowest BCUT2D eigenvalue weighted by atomic mass is 10.1. The fourth-order valence-electron chi connectivity index (χ4n) is 2.06. The Kier molecular flexibility index (Phi) is 5.46. The molecule has 2 aromatic rings. The van der Waals surface area contributed by atoms with E-state index in [1.807, 2.05) is 19.1 Å². The summed E-state index contributed by atoms with van der Waals surface area (Å²) in [6, 6.07) is 9.30. The summed E-state index contributed by atoms with van der Waals surface area (Å²) in [7, 11) is -3.09. The number of para-hydroxylation sites is 1. The standard InChI is InChI=1S/C15H15ClN2O4S/c1-2-9-5-3-4-6-11(9)17-15(20)18-12-8-7-10(16)14(13(12)19)23(21)22/h3-8,19,23H,2H2,1H3,(H2,17,18,20). The number of hydrogen-bond donors (Lipinski definition) is 4. The number of nitrogens with one attached hydrogen (secondary N) is 2. The Balaban J connectivity index is 2.23. The highest BCUT2D eigenvalue weighted by atomic mass is 35.5. The van der Waals surface area contributed by atoms with E-state index in [1.165, 1.54) is 12.1 Å². The average molecular weight is 355 g/mol. The zero-order valence-corrected chi connectivity index (χ0v) is 13.8. The van der Waals surface area contributed by atoms with Gasteiger partial charge in [-0.3, -0.25) is 0 Å². The van der Waals surface area contributed by atoms with Crippen molar-refractivity contribution in [1.29, 1.82) is 0 Å². The summed E-state index contributed by atoms with van der Waals surface area (Å²) in [5.41, 5.74) is 1.54. The zero-order chi connectivity index (χ0) is 17.0. The number of thiol groups is 1. The molecular weight excluding hydrogens is 340 g/mol. The van der Waals surface area contributed by atoms with E-state index in [-0.39, 0.29) is 10.7 Å². The summed E-state index contributed by atoms with van der Waals surface area (Å²) in [6.45, 7) is 1.96. The first-order chi connectivity index (χ1) is 10.9. The topological polar surface area (TPSA) is 95.5 Å². The van der Waals surface area contributed by atoms with Crippen molar-refractivity contribution in [2.24, 2.45) is 0 Å². The summed E-state index contributed by atoms with van der Waals surface area (Å²) in [5.74, 6) is -0.590. The van der Waals surface area contributed by atoms with E-state index in [0.29, 0.717) is 5.69 Å². The third-order valence-corrected chi connectivity index (χ3v) is 4.44. The lowest BCUT2D eigenvalue weighted by Crippen LogP contribution is -2.20. The maximum absolute atomic E-state index is 12.1. The quantitative estimate of drug-likeness (QED) is 0.500.